The van der Waals surface area contributed by atoms with Gasteiger partial charge in [-0.3, -0.25) is 4.98 Å². The number of ether oxygens (including phenoxy) is 2. The molecule has 0 aromatic carbocycles. The second kappa shape index (κ2) is 7.43. The average molecular weight is 231 g/mol. The third-order valence-corrected chi connectivity index (χ3v) is 1.90. The summed E-state index contributed by atoms with van der Waals surface area (Å²) in [5, 5.41) is 0. The van der Waals surface area contributed by atoms with Crippen molar-refractivity contribution in [3.8, 4) is 5.88 Å². The molecule has 0 spiro atoms. The normalized spacial score (nSPS) is 10.3. The van der Waals surface area contributed by atoms with Crippen molar-refractivity contribution in [2.45, 2.75) is 19.2 Å². The van der Waals surface area contributed by atoms with Gasteiger partial charge in [0.25, 0.3) is 0 Å². The highest BCUT2D eigenvalue weighted by atomic mass is 35.5. The third kappa shape index (κ3) is 4.95. The molecule has 0 N–H and O–H groups in total. The zero-order valence-corrected chi connectivity index (χ0v) is 9.54. The Balaban J connectivity index is 2.24. The number of halogens is 1. The summed E-state index contributed by atoms with van der Waals surface area (Å²) in [7, 11) is 0. The lowest BCUT2D eigenvalue weighted by Gasteiger charge is -2.05. The van der Waals surface area contributed by atoms with Crippen molar-refractivity contribution in [2.24, 2.45) is 0 Å². The number of aromatic nitrogens is 2. The van der Waals surface area contributed by atoms with Gasteiger partial charge in [-0.25, -0.2) is 4.98 Å². The topological polar surface area (TPSA) is 44.2 Å². The maximum absolute atomic E-state index is 5.62. The standard InChI is InChI=1S/C10H15ClN2O2/c1-2-3-14-4-5-15-10-8-12-7-9(6-11)13-10/h7-8H,2-6H2,1H3. The molecular formula is C10H15ClN2O2. The smallest absolute Gasteiger partial charge is 0.232 e. The van der Waals surface area contributed by atoms with Crippen LogP contribution in [0.15, 0.2) is 12.4 Å². The summed E-state index contributed by atoms with van der Waals surface area (Å²) in [6.07, 6.45) is 4.20. The Morgan fingerprint density at radius 1 is 1.27 bits per heavy atom. The van der Waals surface area contributed by atoms with Crippen molar-refractivity contribution in [1.29, 1.82) is 0 Å². The van der Waals surface area contributed by atoms with Crippen LogP contribution in [-0.2, 0) is 10.6 Å². The number of rotatable bonds is 7. The molecule has 0 amide bonds. The lowest BCUT2D eigenvalue weighted by Crippen LogP contribution is -2.08. The van der Waals surface area contributed by atoms with Crippen LogP contribution in [0.3, 0.4) is 0 Å². The fourth-order valence-corrected chi connectivity index (χ4v) is 1.10. The summed E-state index contributed by atoms with van der Waals surface area (Å²) < 4.78 is 10.6. The van der Waals surface area contributed by atoms with E-state index >= 15 is 0 Å². The Hall–Kier alpha value is -0.870. The molecule has 0 saturated carbocycles. The van der Waals surface area contributed by atoms with Crippen molar-refractivity contribution in [2.75, 3.05) is 19.8 Å². The maximum atomic E-state index is 5.62. The van der Waals surface area contributed by atoms with Crippen molar-refractivity contribution < 1.29 is 9.47 Å². The van der Waals surface area contributed by atoms with E-state index in [1.807, 2.05) is 0 Å². The van der Waals surface area contributed by atoms with Crippen LogP contribution in [0, 0.1) is 0 Å². The van der Waals surface area contributed by atoms with Gasteiger partial charge in [-0.1, -0.05) is 6.92 Å². The molecule has 15 heavy (non-hydrogen) atoms. The molecule has 0 unspecified atom stereocenters. The highest BCUT2D eigenvalue weighted by molar-refractivity contribution is 6.16. The van der Waals surface area contributed by atoms with Gasteiger partial charge in [-0.2, -0.15) is 0 Å². The Kier molecular flexibility index (Phi) is 6.04. The molecule has 0 atom stereocenters. The van der Waals surface area contributed by atoms with Crippen LogP contribution in [0.4, 0.5) is 0 Å². The van der Waals surface area contributed by atoms with Crippen LogP contribution in [0.5, 0.6) is 5.88 Å². The van der Waals surface area contributed by atoms with Gasteiger partial charge in [0.15, 0.2) is 0 Å². The predicted molar refractivity (Wildman–Crippen MR) is 58.2 cm³/mol. The second-order valence-corrected chi connectivity index (χ2v) is 3.21. The molecule has 1 rings (SSSR count). The lowest BCUT2D eigenvalue weighted by atomic mass is 10.5. The third-order valence-electron chi connectivity index (χ3n) is 1.63. The number of hydrogen-bond acceptors (Lipinski definition) is 4. The quantitative estimate of drug-likeness (QED) is 0.531. The van der Waals surface area contributed by atoms with E-state index in [1.165, 1.54) is 0 Å². The van der Waals surface area contributed by atoms with Gasteiger partial charge < -0.3 is 9.47 Å². The first-order valence-corrected chi connectivity index (χ1v) is 5.47. The van der Waals surface area contributed by atoms with Crippen LogP contribution < -0.4 is 4.74 Å². The van der Waals surface area contributed by atoms with Gasteiger partial charge in [0.2, 0.25) is 5.88 Å². The Labute approximate surface area is 94.6 Å². The molecule has 0 bridgehead atoms. The average Bonchev–Trinajstić information content (AvgIpc) is 2.29. The minimum atomic E-state index is 0.344. The number of alkyl halides is 1. The summed E-state index contributed by atoms with van der Waals surface area (Å²) in [4.78, 5) is 8.09. The van der Waals surface area contributed by atoms with E-state index in [-0.39, 0.29) is 0 Å². The molecule has 84 valence electrons. The van der Waals surface area contributed by atoms with Gasteiger partial charge in [-0.05, 0) is 6.42 Å². The van der Waals surface area contributed by atoms with Crippen molar-refractivity contribution in [3.63, 3.8) is 0 Å². The first kappa shape index (κ1) is 12.2. The Morgan fingerprint density at radius 2 is 2.13 bits per heavy atom. The summed E-state index contributed by atoms with van der Waals surface area (Å²) in [6.45, 7) is 3.88. The van der Waals surface area contributed by atoms with Crippen molar-refractivity contribution in [1.82, 2.24) is 9.97 Å². The molecule has 0 fully saturated rings. The summed E-state index contributed by atoms with van der Waals surface area (Å²) in [6, 6.07) is 0. The van der Waals surface area contributed by atoms with Gasteiger partial charge in [0, 0.05) is 12.8 Å². The van der Waals surface area contributed by atoms with Gasteiger partial charge in [-0.15, -0.1) is 11.6 Å². The summed E-state index contributed by atoms with van der Waals surface area (Å²) in [5.74, 6) is 0.838. The van der Waals surface area contributed by atoms with Crippen molar-refractivity contribution >= 4 is 11.6 Å². The van der Waals surface area contributed by atoms with E-state index < -0.39 is 0 Å². The van der Waals surface area contributed by atoms with Crippen LogP contribution in [-0.4, -0.2) is 29.8 Å². The summed E-state index contributed by atoms with van der Waals surface area (Å²) in [5.41, 5.74) is 0.712. The Bertz CT molecular complexity index is 284. The molecule has 1 aromatic rings. The first-order valence-electron chi connectivity index (χ1n) is 4.94. The van der Waals surface area contributed by atoms with Gasteiger partial charge >= 0.3 is 0 Å². The summed E-state index contributed by atoms with van der Waals surface area (Å²) >= 11 is 5.62. The lowest BCUT2D eigenvalue weighted by molar-refractivity contribution is 0.0988. The van der Waals surface area contributed by atoms with E-state index in [0.29, 0.717) is 30.7 Å². The fraction of sp³-hybridized carbons (Fsp3) is 0.600. The zero-order valence-electron chi connectivity index (χ0n) is 8.78. The van der Waals surface area contributed by atoms with Crippen LogP contribution >= 0.6 is 11.6 Å². The maximum Gasteiger partial charge on any atom is 0.232 e. The second-order valence-electron chi connectivity index (χ2n) is 2.94. The first-order chi connectivity index (χ1) is 7.36. The van der Waals surface area contributed by atoms with Crippen LogP contribution in [0.25, 0.3) is 0 Å². The molecule has 0 aliphatic carbocycles. The highest BCUT2D eigenvalue weighted by Crippen LogP contribution is 2.06. The molecule has 0 radical (unpaired) electrons. The minimum absolute atomic E-state index is 0.344. The number of hydrogen-bond donors (Lipinski definition) is 0. The van der Waals surface area contributed by atoms with Crippen molar-refractivity contribution in [3.05, 3.63) is 18.1 Å². The molecule has 4 nitrogen and oxygen atoms in total. The van der Waals surface area contributed by atoms with Gasteiger partial charge in [0.1, 0.15) is 6.61 Å². The molecule has 1 heterocycles. The van der Waals surface area contributed by atoms with E-state index in [4.69, 9.17) is 21.1 Å². The monoisotopic (exact) mass is 230 g/mol. The fourth-order valence-electron chi connectivity index (χ4n) is 0.972. The van der Waals surface area contributed by atoms with Gasteiger partial charge in [0.05, 0.1) is 24.4 Å². The number of nitrogens with zero attached hydrogens (tertiary/aromatic N) is 2. The van der Waals surface area contributed by atoms with E-state index in [1.54, 1.807) is 12.4 Å². The molecule has 5 heteroatoms. The molecule has 0 saturated heterocycles. The molecular weight excluding hydrogens is 216 g/mol. The van der Waals surface area contributed by atoms with Crippen LogP contribution in [0.1, 0.15) is 19.0 Å². The zero-order chi connectivity index (χ0) is 10.9. The molecule has 0 aliphatic heterocycles. The van der Waals surface area contributed by atoms with E-state index in [2.05, 4.69) is 16.9 Å². The SMILES string of the molecule is CCCOCCOc1cncc(CCl)n1. The Morgan fingerprint density at radius 3 is 2.87 bits per heavy atom. The largest absolute Gasteiger partial charge is 0.474 e. The van der Waals surface area contributed by atoms with E-state index in [0.717, 1.165) is 13.0 Å². The predicted octanol–water partition coefficient (Wildman–Crippen LogP) is 2.02. The molecule has 0 aliphatic rings. The van der Waals surface area contributed by atoms with Crippen LogP contribution in [0.2, 0.25) is 0 Å². The molecule has 1 aromatic heterocycles. The minimum Gasteiger partial charge on any atom is -0.474 e. The highest BCUT2D eigenvalue weighted by Gasteiger charge is 1.98. The van der Waals surface area contributed by atoms with E-state index in [9.17, 15) is 0 Å².